The lowest BCUT2D eigenvalue weighted by Crippen LogP contribution is -2.40. The Kier molecular flexibility index (Phi) is 6.09. The topological polar surface area (TPSA) is 58.2 Å². The van der Waals surface area contributed by atoms with Crippen LogP contribution >= 0.6 is 0 Å². The van der Waals surface area contributed by atoms with Crippen LogP contribution in [0.5, 0.6) is 0 Å². The molecular weight excluding hydrogens is 284 g/mol. The second-order valence-corrected chi connectivity index (χ2v) is 9.45. The van der Waals surface area contributed by atoms with Crippen LogP contribution in [0.2, 0.25) is 0 Å². The highest BCUT2D eigenvalue weighted by Crippen LogP contribution is 2.42. The summed E-state index contributed by atoms with van der Waals surface area (Å²) in [6.07, 6.45) is 7.98. The van der Waals surface area contributed by atoms with Gasteiger partial charge in [-0.1, -0.05) is 26.7 Å². The lowest BCUT2D eigenvalue weighted by molar-refractivity contribution is 0.236. The summed E-state index contributed by atoms with van der Waals surface area (Å²) >= 11 is 0. The molecule has 1 heterocycles. The van der Waals surface area contributed by atoms with Gasteiger partial charge in [-0.05, 0) is 62.4 Å². The Hall–Kier alpha value is -0.130. The Bertz CT molecular complexity index is 408. The van der Waals surface area contributed by atoms with Gasteiger partial charge in [0.15, 0.2) is 0 Å². The first-order valence-electron chi connectivity index (χ1n) is 8.59. The molecule has 0 unspecified atom stereocenters. The summed E-state index contributed by atoms with van der Waals surface area (Å²) in [4.78, 5) is 0. The van der Waals surface area contributed by atoms with Crippen molar-refractivity contribution in [2.24, 2.45) is 17.3 Å². The molecule has 1 saturated heterocycles. The second kappa shape index (κ2) is 7.42. The zero-order valence-electron chi connectivity index (χ0n) is 13.7. The molecule has 0 atom stereocenters. The van der Waals surface area contributed by atoms with E-state index < -0.39 is 10.0 Å². The molecule has 0 aromatic carbocycles. The van der Waals surface area contributed by atoms with Crippen molar-refractivity contribution in [1.82, 2.24) is 10.0 Å². The van der Waals surface area contributed by atoms with E-state index >= 15 is 0 Å². The maximum absolute atomic E-state index is 12.4. The molecule has 0 aromatic heterocycles. The lowest BCUT2D eigenvalue weighted by atomic mass is 9.79. The van der Waals surface area contributed by atoms with E-state index in [0.717, 1.165) is 32.4 Å². The summed E-state index contributed by atoms with van der Waals surface area (Å²) in [6, 6.07) is 0. The van der Waals surface area contributed by atoms with Gasteiger partial charge < -0.3 is 5.32 Å². The van der Waals surface area contributed by atoms with E-state index in [1.807, 2.05) is 0 Å². The van der Waals surface area contributed by atoms with Crippen LogP contribution in [0, 0.1) is 17.3 Å². The molecule has 21 heavy (non-hydrogen) atoms. The lowest BCUT2D eigenvalue weighted by Gasteiger charge is -2.31. The van der Waals surface area contributed by atoms with Crippen LogP contribution in [0.15, 0.2) is 0 Å². The minimum Gasteiger partial charge on any atom is -0.317 e. The van der Waals surface area contributed by atoms with Gasteiger partial charge in [0.2, 0.25) is 10.0 Å². The monoisotopic (exact) mass is 316 g/mol. The number of hydrogen-bond acceptors (Lipinski definition) is 3. The predicted octanol–water partition coefficient (Wildman–Crippen LogP) is 2.51. The molecule has 0 bridgehead atoms. The third kappa shape index (κ3) is 5.53. The van der Waals surface area contributed by atoms with Crippen LogP contribution in [0.3, 0.4) is 0 Å². The average Bonchev–Trinajstić information content (AvgIpc) is 2.86. The molecule has 5 heteroatoms. The molecule has 1 saturated carbocycles. The Balaban J connectivity index is 1.86. The first kappa shape index (κ1) is 17.2. The summed E-state index contributed by atoms with van der Waals surface area (Å²) in [5, 5.41) is 3.29. The van der Waals surface area contributed by atoms with E-state index in [1.54, 1.807) is 0 Å². The van der Waals surface area contributed by atoms with Crippen LogP contribution in [0.1, 0.15) is 58.8 Å². The Morgan fingerprint density at radius 2 is 1.81 bits per heavy atom. The molecule has 0 spiro atoms. The third-order valence-electron chi connectivity index (χ3n) is 5.09. The van der Waals surface area contributed by atoms with Crippen molar-refractivity contribution in [1.29, 1.82) is 0 Å². The van der Waals surface area contributed by atoms with Gasteiger partial charge in [0.05, 0.1) is 5.75 Å². The van der Waals surface area contributed by atoms with Gasteiger partial charge in [0.1, 0.15) is 0 Å². The number of piperidine rings is 1. The standard InChI is InChI=1S/C16H32N2O2S/c1-14(2)11-16(7-3-4-8-16)13-18-21(19,20)12-15-5-9-17-10-6-15/h14-15,17-18H,3-13H2,1-2H3. The van der Waals surface area contributed by atoms with E-state index in [0.29, 0.717) is 24.1 Å². The van der Waals surface area contributed by atoms with E-state index in [1.165, 1.54) is 25.7 Å². The van der Waals surface area contributed by atoms with E-state index in [9.17, 15) is 8.42 Å². The molecular formula is C16H32N2O2S. The molecule has 1 aliphatic heterocycles. The second-order valence-electron chi connectivity index (χ2n) is 7.60. The highest BCUT2D eigenvalue weighted by molar-refractivity contribution is 7.89. The summed E-state index contributed by atoms with van der Waals surface area (Å²) in [6.45, 7) is 7.04. The molecule has 0 radical (unpaired) electrons. The number of sulfonamides is 1. The molecule has 2 rings (SSSR count). The fraction of sp³-hybridized carbons (Fsp3) is 1.00. The quantitative estimate of drug-likeness (QED) is 0.759. The minimum absolute atomic E-state index is 0.218. The highest BCUT2D eigenvalue weighted by Gasteiger charge is 2.35. The maximum atomic E-state index is 12.4. The van der Waals surface area contributed by atoms with Gasteiger partial charge >= 0.3 is 0 Å². The van der Waals surface area contributed by atoms with Crippen molar-refractivity contribution in [2.45, 2.75) is 58.8 Å². The van der Waals surface area contributed by atoms with Crippen molar-refractivity contribution in [3.05, 3.63) is 0 Å². The van der Waals surface area contributed by atoms with Gasteiger partial charge in [0, 0.05) is 6.54 Å². The van der Waals surface area contributed by atoms with Crippen LogP contribution in [-0.2, 0) is 10.0 Å². The van der Waals surface area contributed by atoms with Crippen LogP contribution in [0.4, 0.5) is 0 Å². The molecule has 2 aliphatic rings. The zero-order chi connectivity index (χ0) is 15.3. The largest absolute Gasteiger partial charge is 0.317 e. The summed E-state index contributed by atoms with van der Waals surface area (Å²) in [5.41, 5.74) is 0.218. The number of rotatable bonds is 7. The van der Waals surface area contributed by atoms with Gasteiger partial charge in [-0.3, -0.25) is 0 Å². The highest BCUT2D eigenvalue weighted by atomic mass is 32.2. The van der Waals surface area contributed by atoms with E-state index in [2.05, 4.69) is 23.9 Å². The molecule has 124 valence electrons. The molecule has 2 N–H and O–H groups in total. The normalized spacial score (nSPS) is 23.8. The van der Waals surface area contributed by atoms with E-state index in [4.69, 9.17) is 0 Å². The Morgan fingerprint density at radius 3 is 2.38 bits per heavy atom. The summed E-state index contributed by atoms with van der Waals surface area (Å²) < 4.78 is 27.7. The first-order valence-corrected chi connectivity index (χ1v) is 10.2. The van der Waals surface area contributed by atoms with Crippen molar-refractivity contribution in [2.75, 3.05) is 25.4 Å². The predicted molar refractivity (Wildman–Crippen MR) is 87.7 cm³/mol. The number of nitrogens with one attached hydrogen (secondary N) is 2. The molecule has 0 aromatic rings. The molecule has 0 amide bonds. The Labute approximate surface area is 130 Å². The minimum atomic E-state index is -3.12. The first-order chi connectivity index (χ1) is 9.91. The fourth-order valence-corrected chi connectivity index (χ4v) is 5.72. The number of hydrogen-bond donors (Lipinski definition) is 2. The van der Waals surface area contributed by atoms with Gasteiger partial charge in [-0.2, -0.15) is 0 Å². The Morgan fingerprint density at radius 1 is 1.19 bits per heavy atom. The summed E-state index contributed by atoms with van der Waals surface area (Å²) in [7, 11) is -3.12. The van der Waals surface area contributed by atoms with Gasteiger partial charge in [0.25, 0.3) is 0 Å². The van der Waals surface area contributed by atoms with Crippen molar-refractivity contribution < 1.29 is 8.42 Å². The van der Waals surface area contributed by atoms with Crippen molar-refractivity contribution >= 4 is 10.0 Å². The maximum Gasteiger partial charge on any atom is 0.211 e. The summed E-state index contributed by atoms with van der Waals surface area (Å²) in [5.74, 6) is 1.28. The fourth-order valence-electron chi connectivity index (χ4n) is 4.12. The zero-order valence-corrected chi connectivity index (χ0v) is 14.5. The van der Waals surface area contributed by atoms with Gasteiger partial charge in [-0.15, -0.1) is 0 Å². The van der Waals surface area contributed by atoms with Gasteiger partial charge in [-0.25, -0.2) is 13.1 Å². The molecule has 4 nitrogen and oxygen atoms in total. The van der Waals surface area contributed by atoms with Crippen LogP contribution in [0.25, 0.3) is 0 Å². The molecule has 2 fully saturated rings. The van der Waals surface area contributed by atoms with Crippen molar-refractivity contribution in [3.63, 3.8) is 0 Å². The SMILES string of the molecule is CC(C)CC1(CNS(=O)(=O)CC2CCNCC2)CCCC1. The van der Waals surface area contributed by atoms with Crippen molar-refractivity contribution in [3.8, 4) is 0 Å². The average molecular weight is 317 g/mol. The van der Waals surface area contributed by atoms with E-state index in [-0.39, 0.29) is 5.41 Å². The smallest absolute Gasteiger partial charge is 0.211 e. The molecule has 1 aliphatic carbocycles. The van der Waals surface area contributed by atoms with Crippen LogP contribution < -0.4 is 10.0 Å². The van der Waals surface area contributed by atoms with Crippen LogP contribution in [-0.4, -0.2) is 33.8 Å². The third-order valence-corrected chi connectivity index (χ3v) is 6.58.